The van der Waals surface area contributed by atoms with Gasteiger partial charge in [0.25, 0.3) is 0 Å². The minimum absolute atomic E-state index is 0.0301. The van der Waals surface area contributed by atoms with E-state index in [-0.39, 0.29) is 67.8 Å². The van der Waals surface area contributed by atoms with Gasteiger partial charge in [0.1, 0.15) is 43.2 Å². The number of aliphatic carboxylic acids is 1. The number of aliphatic hydroxyl groups is 2. The fourth-order valence-corrected chi connectivity index (χ4v) is 11.1. The number of carboxylic acid groups (broad SMARTS) is 2. The highest BCUT2D eigenvalue weighted by molar-refractivity contribution is 5.97. The molecule has 13 heteroatoms. The summed E-state index contributed by atoms with van der Waals surface area (Å²) >= 11 is 0. The molecule has 304 valence electrons. The molecular formula is C42H59NO12. The first kappa shape index (κ1) is 41.2. The number of aliphatic hydroxyl groups excluding tert-OH is 2. The molecule has 3 saturated carbocycles. The summed E-state index contributed by atoms with van der Waals surface area (Å²) in [5.74, 6) is -0.631. The van der Waals surface area contributed by atoms with Crippen LogP contribution in [0, 0.1) is 52.8 Å². The average molecular weight is 770 g/mol. The second kappa shape index (κ2) is 17.8. The number of carbonyl (C=O) groups excluding carboxylic acids is 1. The highest BCUT2D eigenvalue weighted by Gasteiger charge is 2.64. The standard InChI is InChI=1S/C42H59NO12/c1-5-6-28(19-44)52-14-13-43(18-27-8-9-29(20-45)54-27)25(4)21-53-39-32-22-51-23-42(17-36(39)55-41(49)50)33(32)12-11-30-31-10-7-26(15-24(2)3)37(40(47)48)38(31)35(46)16-34(30)42/h5-6,8-9,16,24-26,30-33,36-39,44-45H,1,7,10-15,17-23H2,2-4H3,(H,47,48)(H,49,50)/b28-6+/t25?,26?,30?,31?,32?,33?,36-,37-,38?,39-,42+/m1/s1. The van der Waals surface area contributed by atoms with Crippen molar-refractivity contribution in [2.45, 2.75) is 90.7 Å². The zero-order valence-corrected chi connectivity index (χ0v) is 32.3. The molecule has 1 aliphatic heterocycles. The van der Waals surface area contributed by atoms with Crippen LogP contribution in [0.1, 0.15) is 70.8 Å². The van der Waals surface area contributed by atoms with Gasteiger partial charge in [0.15, 0.2) is 5.78 Å². The summed E-state index contributed by atoms with van der Waals surface area (Å²) in [6.45, 7) is 11.4. The summed E-state index contributed by atoms with van der Waals surface area (Å²) in [4.78, 5) is 41.2. The van der Waals surface area contributed by atoms with Crippen molar-refractivity contribution < 1.29 is 58.2 Å². The Morgan fingerprint density at radius 3 is 2.55 bits per heavy atom. The van der Waals surface area contributed by atoms with E-state index in [1.807, 2.05) is 13.0 Å². The van der Waals surface area contributed by atoms with E-state index in [2.05, 4.69) is 25.3 Å². The number of nitrogens with zero attached hydrogens (tertiary/aromatic N) is 1. The van der Waals surface area contributed by atoms with Crippen LogP contribution >= 0.6 is 0 Å². The number of fused-ring (bicyclic) bond motifs is 3. The van der Waals surface area contributed by atoms with Gasteiger partial charge in [-0.1, -0.05) is 32.1 Å². The van der Waals surface area contributed by atoms with Crippen LogP contribution in [0.2, 0.25) is 0 Å². The van der Waals surface area contributed by atoms with Crippen LogP contribution in [0.3, 0.4) is 0 Å². The maximum atomic E-state index is 14.2. The second-order valence-corrected chi connectivity index (χ2v) is 16.8. The quantitative estimate of drug-likeness (QED) is 0.0892. The van der Waals surface area contributed by atoms with Gasteiger partial charge in [0, 0.05) is 29.8 Å². The molecule has 1 aromatic heterocycles. The Kier molecular flexibility index (Phi) is 13.3. The van der Waals surface area contributed by atoms with Gasteiger partial charge in [-0.05, 0) is 99.3 Å². The Labute approximate surface area is 323 Å². The number of carboxylic acids is 1. The molecule has 4 aliphatic carbocycles. The lowest BCUT2D eigenvalue weighted by atomic mass is 9.45. The van der Waals surface area contributed by atoms with Crippen molar-refractivity contribution >= 4 is 17.9 Å². The van der Waals surface area contributed by atoms with Crippen LogP contribution in [0.15, 0.2) is 52.7 Å². The zero-order valence-electron chi connectivity index (χ0n) is 32.3. The number of rotatable bonds is 17. The molecule has 55 heavy (non-hydrogen) atoms. The van der Waals surface area contributed by atoms with Crippen LogP contribution < -0.4 is 0 Å². The number of hydrogen-bond acceptors (Lipinski definition) is 11. The smallest absolute Gasteiger partial charge is 0.494 e. The molecule has 0 aromatic carbocycles. The van der Waals surface area contributed by atoms with Gasteiger partial charge in [-0.3, -0.25) is 14.5 Å². The monoisotopic (exact) mass is 769 g/mol. The van der Waals surface area contributed by atoms with E-state index in [1.165, 1.54) is 0 Å². The van der Waals surface area contributed by atoms with Crippen LogP contribution in [0.4, 0.5) is 4.79 Å². The van der Waals surface area contributed by atoms with Crippen LogP contribution in [-0.4, -0.2) is 101 Å². The molecule has 0 spiro atoms. The molecule has 13 nitrogen and oxygen atoms in total. The van der Waals surface area contributed by atoms with E-state index in [9.17, 15) is 34.8 Å². The van der Waals surface area contributed by atoms with Crippen molar-refractivity contribution in [3.63, 3.8) is 0 Å². The van der Waals surface area contributed by atoms with Gasteiger partial charge in [-0.15, -0.1) is 0 Å². The molecule has 2 bridgehead atoms. The third-order valence-electron chi connectivity index (χ3n) is 13.2. The molecule has 4 fully saturated rings. The van der Waals surface area contributed by atoms with Gasteiger partial charge in [-0.2, -0.15) is 0 Å². The van der Waals surface area contributed by atoms with Gasteiger partial charge < -0.3 is 43.8 Å². The largest absolute Gasteiger partial charge is 0.506 e. The second-order valence-electron chi connectivity index (χ2n) is 16.8. The maximum Gasteiger partial charge on any atom is 0.506 e. The van der Waals surface area contributed by atoms with Gasteiger partial charge >= 0.3 is 12.1 Å². The number of ketones is 1. The van der Waals surface area contributed by atoms with Gasteiger partial charge in [0.2, 0.25) is 0 Å². The van der Waals surface area contributed by atoms with Crippen LogP contribution in [-0.2, 0) is 41.7 Å². The molecule has 11 atom stereocenters. The SMILES string of the molecule is C=C/C=C(\CO)OCCN(Cc1ccc(CO)o1)C(C)CO[C@@H]1C2COC[C@]3(C[C@H]1OC(=O)O)C1=CC(=O)C4C(CCC(CC(C)C)[C@H]4C(=O)O)C1CCC23. The van der Waals surface area contributed by atoms with E-state index in [1.54, 1.807) is 24.3 Å². The lowest BCUT2D eigenvalue weighted by Crippen LogP contribution is -2.64. The van der Waals surface area contributed by atoms with Gasteiger partial charge in [-0.25, -0.2) is 4.79 Å². The van der Waals surface area contributed by atoms with Crippen molar-refractivity contribution in [2.75, 3.05) is 39.6 Å². The van der Waals surface area contributed by atoms with E-state index in [0.717, 1.165) is 37.7 Å². The molecule has 0 radical (unpaired) electrons. The number of hydrogen-bond donors (Lipinski definition) is 4. The van der Waals surface area contributed by atoms with Gasteiger partial charge in [0.05, 0.1) is 38.4 Å². The Morgan fingerprint density at radius 1 is 1.09 bits per heavy atom. The number of allylic oxidation sites excluding steroid dienone is 3. The Bertz CT molecular complexity index is 1600. The number of furan rings is 1. The summed E-state index contributed by atoms with van der Waals surface area (Å²) in [6, 6.07) is 3.33. The number of ether oxygens (including phenoxy) is 4. The van der Waals surface area contributed by atoms with Crippen molar-refractivity contribution in [2.24, 2.45) is 52.8 Å². The summed E-state index contributed by atoms with van der Waals surface area (Å²) in [7, 11) is 0. The summed E-state index contributed by atoms with van der Waals surface area (Å²) in [5.41, 5.74) is 0.388. The first-order chi connectivity index (χ1) is 26.4. The van der Waals surface area contributed by atoms with Crippen molar-refractivity contribution in [3.8, 4) is 0 Å². The predicted molar refractivity (Wildman–Crippen MR) is 199 cm³/mol. The molecule has 1 aromatic rings. The Hall–Kier alpha value is -3.49. The van der Waals surface area contributed by atoms with E-state index >= 15 is 0 Å². The topological polar surface area (TPSA) is 185 Å². The Balaban J connectivity index is 1.23. The maximum absolute atomic E-state index is 14.2. The molecule has 2 heterocycles. The average Bonchev–Trinajstić information content (AvgIpc) is 3.60. The van der Waals surface area contributed by atoms with Crippen molar-refractivity contribution in [1.29, 1.82) is 0 Å². The molecule has 1 saturated heterocycles. The first-order valence-corrected chi connectivity index (χ1v) is 20.0. The first-order valence-electron chi connectivity index (χ1n) is 20.0. The molecule has 7 unspecified atom stereocenters. The van der Waals surface area contributed by atoms with Crippen molar-refractivity contribution in [1.82, 2.24) is 4.90 Å². The fraction of sp³-hybridized carbons (Fsp3) is 0.690. The lowest BCUT2D eigenvalue weighted by molar-refractivity contribution is -0.220. The molecule has 6 rings (SSSR count). The van der Waals surface area contributed by atoms with E-state index < -0.39 is 41.6 Å². The highest BCUT2D eigenvalue weighted by atomic mass is 16.7. The normalized spacial score (nSPS) is 33.6. The van der Waals surface area contributed by atoms with E-state index in [0.29, 0.717) is 55.9 Å². The molecule has 0 amide bonds. The molecule has 5 aliphatic rings. The third-order valence-corrected chi connectivity index (χ3v) is 13.2. The highest BCUT2D eigenvalue weighted by Crippen LogP contribution is 2.64. The van der Waals surface area contributed by atoms with Crippen molar-refractivity contribution in [3.05, 3.63) is 59.8 Å². The predicted octanol–water partition coefficient (Wildman–Crippen LogP) is 5.45. The summed E-state index contributed by atoms with van der Waals surface area (Å²) < 4.78 is 30.3. The number of carbonyl (C=O) groups is 3. The lowest BCUT2D eigenvalue weighted by Gasteiger charge is -2.62. The molecule has 4 N–H and O–H groups in total. The third kappa shape index (κ3) is 8.61. The minimum atomic E-state index is -1.39. The summed E-state index contributed by atoms with van der Waals surface area (Å²) in [5, 5.41) is 39.6. The zero-order chi connectivity index (χ0) is 39.4. The molecular weight excluding hydrogens is 710 g/mol. The van der Waals surface area contributed by atoms with Crippen LogP contribution in [0.5, 0.6) is 0 Å². The van der Waals surface area contributed by atoms with E-state index in [4.69, 9.17) is 23.4 Å². The minimum Gasteiger partial charge on any atom is -0.494 e. The Morgan fingerprint density at radius 2 is 1.87 bits per heavy atom. The fourth-order valence-electron chi connectivity index (χ4n) is 11.1. The van der Waals surface area contributed by atoms with Crippen LogP contribution in [0.25, 0.3) is 0 Å². The summed E-state index contributed by atoms with van der Waals surface area (Å²) in [6.07, 6.45) is 6.45.